The molecule has 24 heavy (non-hydrogen) atoms. The van der Waals surface area contributed by atoms with E-state index in [2.05, 4.69) is 5.32 Å². The maximum absolute atomic E-state index is 12.0. The van der Waals surface area contributed by atoms with Crippen molar-refractivity contribution in [2.75, 3.05) is 20.8 Å². The Morgan fingerprint density at radius 3 is 2.46 bits per heavy atom. The summed E-state index contributed by atoms with van der Waals surface area (Å²) in [4.78, 5) is 12.0. The van der Waals surface area contributed by atoms with Crippen molar-refractivity contribution in [2.24, 2.45) is 0 Å². The molecule has 5 heteroatoms. The highest BCUT2D eigenvalue weighted by Gasteiger charge is 2.08. The van der Waals surface area contributed by atoms with Crippen LogP contribution in [-0.4, -0.2) is 26.7 Å². The van der Waals surface area contributed by atoms with E-state index in [9.17, 15) is 4.79 Å². The van der Waals surface area contributed by atoms with Gasteiger partial charge in [0.1, 0.15) is 5.75 Å². The monoisotopic (exact) mass is 329 g/mol. The minimum absolute atomic E-state index is 0.0163. The molecule has 0 aliphatic rings. The minimum Gasteiger partial charge on any atom is -0.493 e. The van der Waals surface area contributed by atoms with Crippen LogP contribution in [0.15, 0.2) is 36.4 Å². The van der Waals surface area contributed by atoms with Gasteiger partial charge in [-0.05, 0) is 48.7 Å². The van der Waals surface area contributed by atoms with Gasteiger partial charge in [-0.3, -0.25) is 4.79 Å². The molecule has 0 aliphatic carbocycles. The van der Waals surface area contributed by atoms with Gasteiger partial charge < -0.3 is 19.5 Å². The number of hydrogen-bond acceptors (Lipinski definition) is 4. The molecule has 1 amide bonds. The lowest BCUT2D eigenvalue weighted by Gasteiger charge is -2.12. The Kier molecular flexibility index (Phi) is 6.07. The summed E-state index contributed by atoms with van der Waals surface area (Å²) in [7, 11) is 3.17. The second-order valence-corrected chi connectivity index (χ2v) is 5.45. The molecule has 0 aromatic heterocycles. The molecule has 0 heterocycles. The average Bonchev–Trinajstić information content (AvgIpc) is 2.60. The van der Waals surface area contributed by atoms with Gasteiger partial charge in [0.05, 0.1) is 14.2 Å². The molecule has 0 saturated carbocycles. The maximum Gasteiger partial charge on any atom is 0.258 e. The highest BCUT2D eigenvalue weighted by molar-refractivity contribution is 5.77. The number of methoxy groups -OCH3 is 2. The van der Waals surface area contributed by atoms with Crippen molar-refractivity contribution >= 4 is 5.91 Å². The fraction of sp³-hybridized carbons (Fsp3) is 0.316. The summed E-state index contributed by atoms with van der Waals surface area (Å²) in [6, 6.07) is 11.3. The molecule has 0 fully saturated rings. The van der Waals surface area contributed by atoms with Crippen molar-refractivity contribution < 1.29 is 19.0 Å². The maximum atomic E-state index is 12.0. The van der Waals surface area contributed by atoms with Crippen LogP contribution in [0.5, 0.6) is 17.2 Å². The lowest BCUT2D eigenvalue weighted by atomic mass is 10.1. The summed E-state index contributed by atoms with van der Waals surface area (Å²) in [5.74, 6) is 1.85. The standard InChI is InChI=1S/C19H23NO4/c1-13-6-5-7-16(14(13)2)24-12-19(21)20-11-15-8-9-17(22-3)18(10-15)23-4/h5-10H,11-12H2,1-4H3,(H,20,21). The number of amides is 1. The Morgan fingerprint density at radius 1 is 1.00 bits per heavy atom. The van der Waals surface area contributed by atoms with Crippen molar-refractivity contribution in [1.82, 2.24) is 5.32 Å². The quantitative estimate of drug-likeness (QED) is 0.848. The molecule has 0 atom stereocenters. The normalized spacial score (nSPS) is 10.2. The van der Waals surface area contributed by atoms with Gasteiger partial charge in [-0.1, -0.05) is 18.2 Å². The molecule has 0 saturated heterocycles. The molecular weight excluding hydrogens is 306 g/mol. The summed E-state index contributed by atoms with van der Waals surface area (Å²) in [6.45, 7) is 4.37. The van der Waals surface area contributed by atoms with Crippen LogP contribution in [0.4, 0.5) is 0 Å². The predicted octanol–water partition coefficient (Wildman–Crippen LogP) is 3.02. The van der Waals surface area contributed by atoms with Gasteiger partial charge in [-0.2, -0.15) is 0 Å². The van der Waals surface area contributed by atoms with Gasteiger partial charge in [0.25, 0.3) is 5.91 Å². The zero-order chi connectivity index (χ0) is 17.5. The van der Waals surface area contributed by atoms with Crippen LogP contribution < -0.4 is 19.5 Å². The average molecular weight is 329 g/mol. The van der Waals surface area contributed by atoms with Crippen molar-refractivity contribution in [3.63, 3.8) is 0 Å². The molecule has 0 spiro atoms. The summed E-state index contributed by atoms with van der Waals surface area (Å²) in [6.07, 6.45) is 0. The molecule has 2 rings (SSSR count). The van der Waals surface area contributed by atoms with Gasteiger partial charge >= 0.3 is 0 Å². The molecular formula is C19H23NO4. The molecule has 0 bridgehead atoms. The number of carbonyl (C=O) groups is 1. The van der Waals surface area contributed by atoms with Crippen LogP contribution >= 0.6 is 0 Å². The van der Waals surface area contributed by atoms with Gasteiger partial charge in [0.15, 0.2) is 18.1 Å². The van der Waals surface area contributed by atoms with Gasteiger partial charge in [-0.25, -0.2) is 0 Å². The third-order valence-electron chi connectivity index (χ3n) is 3.85. The molecule has 0 radical (unpaired) electrons. The second kappa shape index (κ2) is 8.24. The van der Waals surface area contributed by atoms with Crippen molar-refractivity contribution in [3.8, 4) is 17.2 Å². The summed E-state index contributed by atoms with van der Waals surface area (Å²) in [5, 5.41) is 2.83. The van der Waals surface area contributed by atoms with E-state index in [1.54, 1.807) is 14.2 Å². The van der Waals surface area contributed by atoms with Crippen LogP contribution in [-0.2, 0) is 11.3 Å². The molecule has 128 valence electrons. The molecule has 0 unspecified atom stereocenters. The number of carbonyl (C=O) groups excluding carboxylic acids is 1. The van der Waals surface area contributed by atoms with Crippen molar-refractivity contribution in [3.05, 3.63) is 53.1 Å². The first-order valence-corrected chi connectivity index (χ1v) is 7.71. The number of benzene rings is 2. The van der Waals surface area contributed by atoms with Crippen LogP contribution in [0.1, 0.15) is 16.7 Å². The summed E-state index contributed by atoms with van der Waals surface area (Å²) >= 11 is 0. The third-order valence-corrected chi connectivity index (χ3v) is 3.85. The van der Waals surface area contributed by atoms with E-state index in [1.807, 2.05) is 50.2 Å². The highest BCUT2D eigenvalue weighted by atomic mass is 16.5. The largest absolute Gasteiger partial charge is 0.493 e. The second-order valence-electron chi connectivity index (χ2n) is 5.45. The van der Waals surface area contributed by atoms with Gasteiger partial charge in [0.2, 0.25) is 0 Å². The van der Waals surface area contributed by atoms with E-state index in [-0.39, 0.29) is 12.5 Å². The number of nitrogens with one attached hydrogen (secondary N) is 1. The SMILES string of the molecule is COc1ccc(CNC(=O)COc2cccc(C)c2C)cc1OC. The van der Waals surface area contributed by atoms with E-state index < -0.39 is 0 Å². The van der Waals surface area contributed by atoms with Crippen molar-refractivity contribution in [2.45, 2.75) is 20.4 Å². The zero-order valence-corrected chi connectivity index (χ0v) is 14.5. The van der Waals surface area contributed by atoms with Crippen LogP contribution in [0, 0.1) is 13.8 Å². The number of rotatable bonds is 7. The first kappa shape index (κ1) is 17.7. The number of ether oxygens (including phenoxy) is 3. The van der Waals surface area contributed by atoms with Crippen molar-refractivity contribution in [1.29, 1.82) is 0 Å². The predicted molar refractivity (Wildman–Crippen MR) is 92.8 cm³/mol. The zero-order valence-electron chi connectivity index (χ0n) is 14.5. The Balaban J connectivity index is 1.88. The number of hydrogen-bond donors (Lipinski definition) is 1. The van der Waals surface area contributed by atoms with Gasteiger partial charge in [0, 0.05) is 6.54 Å². The fourth-order valence-corrected chi connectivity index (χ4v) is 2.27. The third kappa shape index (κ3) is 4.41. The Labute approximate surface area is 142 Å². The molecule has 2 aromatic rings. The van der Waals surface area contributed by atoms with E-state index in [0.717, 1.165) is 22.4 Å². The topological polar surface area (TPSA) is 56.8 Å². The van der Waals surface area contributed by atoms with Gasteiger partial charge in [-0.15, -0.1) is 0 Å². The van der Waals surface area contributed by atoms with E-state index in [4.69, 9.17) is 14.2 Å². The van der Waals surface area contributed by atoms with Crippen LogP contribution in [0.25, 0.3) is 0 Å². The fourth-order valence-electron chi connectivity index (χ4n) is 2.27. The Morgan fingerprint density at radius 2 is 1.75 bits per heavy atom. The molecule has 1 N–H and O–H groups in total. The Bertz CT molecular complexity index is 713. The Hall–Kier alpha value is -2.69. The van der Waals surface area contributed by atoms with E-state index >= 15 is 0 Å². The first-order chi connectivity index (χ1) is 11.5. The van der Waals surface area contributed by atoms with Crippen LogP contribution in [0.2, 0.25) is 0 Å². The number of aryl methyl sites for hydroxylation is 1. The smallest absolute Gasteiger partial charge is 0.258 e. The van der Waals surface area contributed by atoms with Crippen LogP contribution in [0.3, 0.4) is 0 Å². The lowest BCUT2D eigenvalue weighted by Crippen LogP contribution is -2.28. The summed E-state index contributed by atoms with van der Waals surface area (Å²) < 4.78 is 16.0. The summed E-state index contributed by atoms with van der Waals surface area (Å²) in [5.41, 5.74) is 3.11. The lowest BCUT2D eigenvalue weighted by molar-refractivity contribution is -0.123. The minimum atomic E-state index is -0.175. The highest BCUT2D eigenvalue weighted by Crippen LogP contribution is 2.27. The first-order valence-electron chi connectivity index (χ1n) is 7.71. The molecule has 2 aromatic carbocycles. The molecule has 5 nitrogen and oxygen atoms in total. The van der Waals surface area contributed by atoms with E-state index in [0.29, 0.717) is 18.0 Å². The van der Waals surface area contributed by atoms with E-state index in [1.165, 1.54) is 0 Å². The molecule has 0 aliphatic heterocycles.